The molecule has 0 fully saturated rings. The van der Waals surface area contributed by atoms with Gasteiger partial charge in [0.2, 0.25) is 0 Å². The number of nitrogens with zero attached hydrogens (tertiary/aromatic N) is 1. The van der Waals surface area contributed by atoms with E-state index in [0.717, 1.165) is 45.0 Å². The minimum Gasteiger partial charge on any atom is -0.418 e. The quantitative estimate of drug-likeness (QED) is 0.514. The van der Waals surface area contributed by atoms with Gasteiger partial charge in [-0.2, -0.15) is 0 Å². The van der Waals surface area contributed by atoms with E-state index in [0.29, 0.717) is 0 Å². The first kappa shape index (κ1) is 20.3. The second kappa shape index (κ2) is 10.1. The topological polar surface area (TPSA) is 30.9 Å². The first-order valence-electron chi connectivity index (χ1n) is 8.08. The predicted molar refractivity (Wildman–Crippen MR) is 90.6 cm³/mol. The number of hydrogen-bond acceptors (Lipinski definition) is 4. The summed E-state index contributed by atoms with van der Waals surface area (Å²) in [5.74, 6) is 0. The lowest BCUT2D eigenvalue weighted by Crippen LogP contribution is -2.59. The molecule has 0 bridgehead atoms. The Labute approximate surface area is 128 Å². The van der Waals surface area contributed by atoms with Crippen LogP contribution in [0.3, 0.4) is 0 Å². The van der Waals surface area contributed by atoms with Crippen molar-refractivity contribution in [2.24, 2.45) is 0 Å². The molecule has 6 heteroatoms. The lowest BCUT2D eigenvalue weighted by atomic mass is 10.7. The molecule has 0 atom stereocenters. The summed E-state index contributed by atoms with van der Waals surface area (Å²) in [5, 5.41) is 0. The van der Waals surface area contributed by atoms with Gasteiger partial charge in [0.25, 0.3) is 0 Å². The maximum absolute atomic E-state index is 6.20. The molecule has 0 saturated carbocycles. The van der Waals surface area contributed by atoms with Gasteiger partial charge in [0, 0.05) is 25.9 Å². The van der Waals surface area contributed by atoms with Gasteiger partial charge in [-0.3, -0.25) is 4.57 Å². The van der Waals surface area contributed by atoms with E-state index in [-0.39, 0.29) is 0 Å². The molecular formula is C14H35NO3Si2. The molecular weight excluding hydrogens is 286 g/mol. The summed E-state index contributed by atoms with van der Waals surface area (Å²) in [6.45, 7) is 19.4. The van der Waals surface area contributed by atoms with E-state index in [2.05, 4.69) is 52.3 Å². The lowest BCUT2D eigenvalue weighted by Gasteiger charge is -2.39. The Bertz CT molecular complexity index is 243. The highest BCUT2D eigenvalue weighted by atomic mass is 28.4. The first-order valence-corrected chi connectivity index (χ1v) is 13.2. The van der Waals surface area contributed by atoms with Crippen LogP contribution >= 0.6 is 0 Å². The maximum atomic E-state index is 6.20. The molecule has 0 spiro atoms. The van der Waals surface area contributed by atoms with Gasteiger partial charge < -0.3 is 13.3 Å². The average Bonchev–Trinajstić information content (AvgIpc) is 2.38. The van der Waals surface area contributed by atoms with Crippen LogP contribution in [0.5, 0.6) is 0 Å². The van der Waals surface area contributed by atoms with Crippen molar-refractivity contribution in [1.29, 1.82) is 0 Å². The van der Waals surface area contributed by atoms with Gasteiger partial charge in [-0.1, -0.05) is 13.8 Å². The molecule has 0 heterocycles. The molecule has 122 valence electrons. The Kier molecular flexibility index (Phi) is 10.2. The highest BCUT2D eigenvalue weighted by molar-refractivity contribution is 6.74. The van der Waals surface area contributed by atoms with Gasteiger partial charge in [0.15, 0.2) is 8.32 Å². The van der Waals surface area contributed by atoms with Gasteiger partial charge in [0.1, 0.15) is 0 Å². The van der Waals surface area contributed by atoms with Crippen LogP contribution in [-0.4, -0.2) is 54.5 Å². The summed E-state index contributed by atoms with van der Waals surface area (Å²) in [6, 6.07) is 2.11. The average molecular weight is 322 g/mol. The first-order chi connectivity index (χ1) is 9.41. The lowest BCUT2D eigenvalue weighted by molar-refractivity contribution is 0.124. The third-order valence-electron chi connectivity index (χ3n) is 3.56. The number of rotatable bonds is 12. The van der Waals surface area contributed by atoms with Gasteiger partial charge in [-0.25, -0.2) is 0 Å². The molecule has 0 aliphatic rings. The van der Waals surface area contributed by atoms with Crippen LogP contribution in [0, 0.1) is 0 Å². The molecule has 20 heavy (non-hydrogen) atoms. The van der Waals surface area contributed by atoms with Crippen molar-refractivity contribution in [3.8, 4) is 0 Å². The monoisotopic (exact) mass is 321 g/mol. The highest BCUT2D eigenvalue weighted by Gasteiger charge is 2.44. The Morgan fingerprint density at radius 2 is 1.15 bits per heavy atom. The molecule has 0 saturated heterocycles. The van der Waals surface area contributed by atoms with Crippen molar-refractivity contribution in [1.82, 2.24) is 4.57 Å². The third kappa shape index (κ3) is 6.36. The molecule has 0 N–H and O–H groups in total. The summed E-state index contributed by atoms with van der Waals surface area (Å²) in [6.07, 6.45) is 0. The minimum absolute atomic E-state index is 0.722. The molecule has 0 aliphatic heterocycles. The molecule has 0 radical (unpaired) electrons. The Balaban J connectivity index is 4.98. The second-order valence-electron chi connectivity index (χ2n) is 5.44. The van der Waals surface area contributed by atoms with E-state index < -0.39 is 17.0 Å². The Morgan fingerprint density at radius 1 is 0.700 bits per heavy atom. The van der Waals surface area contributed by atoms with Gasteiger partial charge in [-0.15, -0.1) is 0 Å². The van der Waals surface area contributed by atoms with Crippen LogP contribution in [0.25, 0.3) is 0 Å². The zero-order valence-corrected chi connectivity index (χ0v) is 16.6. The Morgan fingerprint density at radius 3 is 1.50 bits per heavy atom. The van der Waals surface area contributed by atoms with Crippen molar-refractivity contribution in [2.75, 3.05) is 32.9 Å². The highest BCUT2D eigenvalue weighted by Crippen LogP contribution is 2.26. The fourth-order valence-corrected chi connectivity index (χ4v) is 10.1. The Hall–Kier alpha value is 0.274. The van der Waals surface area contributed by atoms with Crippen LogP contribution in [0.2, 0.25) is 25.2 Å². The fraction of sp³-hybridized carbons (Fsp3) is 1.00. The smallest absolute Gasteiger partial charge is 0.418 e. The van der Waals surface area contributed by atoms with E-state index in [1.807, 2.05) is 0 Å². The van der Waals surface area contributed by atoms with Gasteiger partial charge >= 0.3 is 8.72 Å². The van der Waals surface area contributed by atoms with Gasteiger partial charge in [-0.05, 0) is 53.0 Å². The second-order valence-corrected chi connectivity index (χ2v) is 12.9. The minimum atomic E-state index is -2.28. The third-order valence-corrected chi connectivity index (χ3v) is 10.5. The van der Waals surface area contributed by atoms with Crippen molar-refractivity contribution in [2.45, 2.75) is 59.8 Å². The van der Waals surface area contributed by atoms with E-state index in [4.69, 9.17) is 13.3 Å². The van der Waals surface area contributed by atoms with Crippen LogP contribution in [0.15, 0.2) is 0 Å². The molecule has 0 aliphatic carbocycles. The zero-order valence-electron chi connectivity index (χ0n) is 14.6. The molecule has 4 nitrogen and oxygen atoms in total. The molecule has 0 aromatic carbocycles. The van der Waals surface area contributed by atoms with Crippen LogP contribution in [-0.2, 0) is 13.3 Å². The summed E-state index contributed by atoms with van der Waals surface area (Å²) < 4.78 is 20.8. The number of hydrogen-bond donors (Lipinski definition) is 0. The van der Waals surface area contributed by atoms with E-state index in [9.17, 15) is 0 Å². The summed E-state index contributed by atoms with van der Waals surface area (Å²) >= 11 is 0. The normalized spacial score (nSPS) is 13.2. The molecule has 0 rings (SSSR count). The van der Waals surface area contributed by atoms with Crippen LogP contribution in [0.1, 0.15) is 34.6 Å². The van der Waals surface area contributed by atoms with Crippen molar-refractivity contribution in [3.05, 3.63) is 0 Å². The molecule has 0 unspecified atom stereocenters. The summed E-state index contributed by atoms with van der Waals surface area (Å²) in [4.78, 5) is 0. The van der Waals surface area contributed by atoms with E-state index in [1.165, 1.54) is 0 Å². The van der Waals surface area contributed by atoms with Crippen molar-refractivity contribution < 1.29 is 13.3 Å². The molecule has 0 aromatic heterocycles. The van der Waals surface area contributed by atoms with Crippen LogP contribution < -0.4 is 0 Å². The van der Waals surface area contributed by atoms with Gasteiger partial charge in [0.05, 0.1) is 0 Å². The largest absolute Gasteiger partial charge is 0.427 e. The fourth-order valence-electron chi connectivity index (χ4n) is 2.61. The van der Waals surface area contributed by atoms with Crippen LogP contribution in [0.4, 0.5) is 0 Å². The van der Waals surface area contributed by atoms with Crippen molar-refractivity contribution in [3.63, 3.8) is 0 Å². The van der Waals surface area contributed by atoms with E-state index in [1.54, 1.807) is 0 Å². The van der Waals surface area contributed by atoms with Crippen molar-refractivity contribution >= 4 is 17.0 Å². The predicted octanol–water partition coefficient (Wildman–Crippen LogP) is 3.58. The SMILES string of the molecule is CCO[Si](C)(C)CC[Si](OCC)(OCC)N(CC)CC. The summed E-state index contributed by atoms with van der Waals surface area (Å²) in [7, 11) is -3.87. The molecule has 0 aromatic rings. The summed E-state index contributed by atoms with van der Waals surface area (Å²) in [5.41, 5.74) is 0. The standard InChI is InChI=1S/C14H35NO3Si2/c1-8-15(9-2)20(17-11-4,18-12-5)14-13-19(6,7)16-10-3/h8-14H2,1-7H3. The molecule has 0 amide bonds. The van der Waals surface area contributed by atoms with E-state index >= 15 is 0 Å². The zero-order chi connectivity index (χ0) is 15.6. The maximum Gasteiger partial charge on any atom is 0.427 e.